The van der Waals surface area contributed by atoms with Gasteiger partial charge in [0.15, 0.2) is 0 Å². The summed E-state index contributed by atoms with van der Waals surface area (Å²) in [5.41, 5.74) is 5.93. The number of nitrogens with one attached hydrogen (secondary N) is 1. The van der Waals surface area contributed by atoms with Crippen LogP contribution in [0.4, 0.5) is 0 Å². The molecule has 0 aromatic carbocycles. The highest BCUT2D eigenvalue weighted by molar-refractivity contribution is 5.76. The first kappa shape index (κ1) is 12.8. The Morgan fingerprint density at radius 2 is 2.12 bits per heavy atom. The quantitative estimate of drug-likeness (QED) is 0.779. The Hall–Kier alpha value is -0.610. The molecule has 3 N–H and O–H groups in total. The summed E-state index contributed by atoms with van der Waals surface area (Å²) >= 11 is 0. The molecule has 3 unspecified atom stereocenters. The molecule has 17 heavy (non-hydrogen) atoms. The Bertz CT molecular complexity index is 252. The second-order valence-electron chi connectivity index (χ2n) is 5.30. The summed E-state index contributed by atoms with van der Waals surface area (Å²) in [6.45, 7) is 0.861. The van der Waals surface area contributed by atoms with Crippen LogP contribution in [0.3, 0.4) is 0 Å². The van der Waals surface area contributed by atoms with Crippen molar-refractivity contribution in [2.75, 3.05) is 6.61 Å². The number of hydrogen-bond donors (Lipinski definition) is 2. The van der Waals surface area contributed by atoms with Gasteiger partial charge in [0, 0.05) is 25.1 Å². The van der Waals surface area contributed by atoms with Gasteiger partial charge >= 0.3 is 0 Å². The summed E-state index contributed by atoms with van der Waals surface area (Å²) in [6.07, 6.45) is 8.45. The Balaban J connectivity index is 1.63. The molecule has 1 heterocycles. The highest BCUT2D eigenvalue weighted by Gasteiger charge is 2.25. The molecule has 0 radical (unpaired) electrons. The molecule has 98 valence electrons. The zero-order valence-corrected chi connectivity index (χ0v) is 10.5. The van der Waals surface area contributed by atoms with Gasteiger partial charge in [0.05, 0.1) is 6.10 Å². The smallest absolute Gasteiger partial charge is 0.220 e. The van der Waals surface area contributed by atoms with E-state index in [9.17, 15) is 4.79 Å². The fourth-order valence-corrected chi connectivity index (χ4v) is 2.77. The van der Waals surface area contributed by atoms with Crippen LogP contribution in [0.1, 0.15) is 51.4 Å². The zero-order valence-electron chi connectivity index (χ0n) is 10.5. The maximum absolute atomic E-state index is 11.8. The molecule has 1 amide bonds. The Labute approximate surface area is 103 Å². The maximum atomic E-state index is 11.8. The van der Waals surface area contributed by atoms with E-state index in [1.807, 2.05) is 0 Å². The molecule has 0 spiro atoms. The molecule has 1 saturated heterocycles. The summed E-state index contributed by atoms with van der Waals surface area (Å²) in [6, 6.07) is 0.361. The Kier molecular flexibility index (Phi) is 4.80. The highest BCUT2D eigenvalue weighted by atomic mass is 16.5. The van der Waals surface area contributed by atoms with Gasteiger partial charge in [-0.3, -0.25) is 4.79 Å². The molecule has 0 aromatic rings. The summed E-state index contributed by atoms with van der Waals surface area (Å²) in [5.74, 6) is 0.140. The van der Waals surface area contributed by atoms with E-state index in [0.29, 0.717) is 12.5 Å². The lowest BCUT2D eigenvalue weighted by molar-refractivity contribution is -0.122. The number of ether oxygens (including phenoxy) is 1. The fraction of sp³-hybridized carbons (Fsp3) is 0.923. The van der Waals surface area contributed by atoms with Gasteiger partial charge in [0.1, 0.15) is 0 Å². The fourth-order valence-electron chi connectivity index (χ4n) is 2.77. The number of amides is 1. The first-order valence-corrected chi connectivity index (χ1v) is 6.92. The van der Waals surface area contributed by atoms with Gasteiger partial charge in [0.25, 0.3) is 0 Å². The summed E-state index contributed by atoms with van der Waals surface area (Å²) in [4.78, 5) is 11.8. The third kappa shape index (κ3) is 3.96. The minimum Gasteiger partial charge on any atom is -0.378 e. The van der Waals surface area contributed by atoms with E-state index in [1.165, 1.54) is 12.8 Å². The number of rotatable bonds is 4. The van der Waals surface area contributed by atoms with Crippen LogP contribution in [0.5, 0.6) is 0 Å². The molecule has 3 atom stereocenters. The van der Waals surface area contributed by atoms with Crippen LogP contribution in [0.25, 0.3) is 0 Å². The monoisotopic (exact) mass is 240 g/mol. The van der Waals surface area contributed by atoms with Gasteiger partial charge in [-0.15, -0.1) is 0 Å². The first-order chi connectivity index (χ1) is 8.25. The number of carbonyl (C=O) groups is 1. The topological polar surface area (TPSA) is 64.3 Å². The molecule has 2 fully saturated rings. The zero-order chi connectivity index (χ0) is 12.1. The number of hydrogen-bond acceptors (Lipinski definition) is 3. The Morgan fingerprint density at radius 3 is 2.76 bits per heavy atom. The van der Waals surface area contributed by atoms with Crippen molar-refractivity contribution in [3.8, 4) is 0 Å². The lowest BCUT2D eigenvalue weighted by Crippen LogP contribution is -2.44. The van der Waals surface area contributed by atoms with Gasteiger partial charge in [-0.1, -0.05) is 0 Å². The Morgan fingerprint density at radius 1 is 1.24 bits per heavy atom. The molecule has 4 heteroatoms. The molecular formula is C13H24N2O2. The molecule has 1 aliphatic heterocycles. The average molecular weight is 240 g/mol. The second-order valence-corrected chi connectivity index (χ2v) is 5.30. The van der Waals surface area contributed by atoms with E-state index in [0.717, 1.165) is 38.7 Å². The van der Waals surface area contributed by atoms with Crippen LogP contribution >= 0.6 is 0 Å². The molecular weight excluding hydrogens is 216 g/mol. The molecule has 1 aliphatic carbocycles. The van der Waals surface area contributed by atoms with Gasteiger partial charge < -0.3 is 15.8 Å². The van der Waals surface area contributed by atoms with Gasteiger partial charge in [0.2, 0.25) is 5.91 Å². The highest BCUT2D eigenvalue weighted by Crippen LogP contribution is 2.19. The maximum Gasteiger partial charge on any atom is 0.220 e. The number of carbonyl (C=O) groups excluding carboxylic acids is 1. The second kappa shape index (κ2) is 6.36. The van der Waals surface area contributed by atoms with E-state index in [-0.39, 0.29) is 18.0 Å². The molecule has 2 rings (SSSR count). The van der Waals surface area contributed by atoms with Gasteiger partial charge in [-0.2, -0.15) is 0 Å². The van der Waals surface area contributed by atoms with E-state index in [4.69, 9.17) is 10.5 Å². The van der Waals surface area contributed by atoms with Gasteiger partial charge in [-0.05, 0) is 44.9 Å². The van der Waals surface area contributed by atoms with Crippen LogP contribution in [0.15, 0.2) is 0 Å². The molecule has 1 saturated carbocycles. The van der Waals surface area contributed by atoms with E-state index in [2.05, 4.69) is 5.32 Å². The first-order valence-electron chi connectivity index (χ1n) is 6.92. The summed E-state index contributed by atoms with van der Waals surface area (Å²) in [5, 5.41) is 3.05. The molecule has 0 aromatic heterocycles. The largest absolute Gasteiger partial charge is 0.378 e. The van der Waals surface area contributed by atoms with Crippen molar-refractivity contribution in [2.24, 2.45) is 5.73 Å². The normalized spacial score (nSPS) is 33.6. The lowest BCUT2D eigenvalue weighted by atomic mass is 10.0. The van der Waals surface area contributed by atoms with Crippen LogP contribution < -0.4 is 11.1 Å². The lowest BCUT2D eigenvalue weighted by Gasteiger charge is -2.23. The van der Waals surface area contributed by atoms with Crippen molar-refractivity contribution in [1.82, 2.24) is 5.32 Å². The van der Waals surface area contributed by atoms with Crippen LogP contribution in [-0.4, -0.2) is 30.7 Å². The van der Waals surface area contributed by atoms with Crippen molar-refractivity contribution in [2.45, 2.75) is 69.6 Å². The number of nitrogens with two attached hydrogens (primary N) is 1. The standard InChI is InChI=1S/C13H24N2O2/c14-11-5-3-6-12(11)15-13(16)8-7-10-4-1-2-9-17-10/h10-12H,1-9,14H2,(H,15,16). The molecule has 4 nitrogen and oxygen atoms in total. The SMILES string of the molecule is NC1CCCC1NC(=O)CCC1CCCCO1. The van der Waals surface area contributed by atoms with Gasteiger partial charge in [-0.25, -0.2) is 0 Å². The third-order valence-electron chi connectivity index (χ3n) is 3.88. The van der Waals surface area contributed by atoms with Crippen LogP contribution in [0, 0.1) is 0 Å². The van der Waals surface area contributed by atoms with Crippen molar-refractivity contribution < 1.29 is 9.53 Å². The van der Waals surface area contributed by atoms with Crippen molar-refractivity contribution in [3.05, 3.63) is 0 Å². The third-order valence-corrected chi connectivity index (χ3v) is 3.88. The van der Waals surface area contributed by atoms with E-state index < -0.39 is 0 Å². The average Bonchev–Trinajstić information content (AvgIpc) is 2.74. The minimum atomic E-state index is 0.140. The van der Waals surface area contributed by atoms with Crippen LogP contribution in [0.2, 0.25) is 0 Å². The molecule has 0 bridgehead atoms. The van der Waals surface area contributed by atoms with E-state index >= 15 is 0 Å². The van der Waals surface area contributed by atoms with Crippen LogP contribution in [-0.2, 0) is 9.53 Å². The summed E-state index contributed by atoms with van der Waals surface area (Å²) < 4.78 is 5.61. The van der Waals surface area contributed by atoms with Crippen molar-refractivity contribution in [1.29, 1.82) is 0 Å². The minimum absolute atomic E-state index is 0.140. The summed E-state index contributed by atoms with van der Waals surface area (Å²) in [7, 11) is 0. The van der Waals surface area contributed by atoms with Crippen molar-refractivity contribution >= 4 is 5.91 Å². The predicted molar refractivity (Wildman–Crippen MR) is 66.6 cm³/mol. The predicted octanol–water partition coefficient (Wildman–Crippen LogP) is 1.33. The molecule has 2 aliphatic rings. The van der Waals surface area contributed by atoms with E-state index in [1.54, 1.807) is 0 Å². The van der Waals surface area contributed by atoms with Crippen molar-refractivity contribution in [3.63, 3.8) is 0 Å².